The Hall–Kier alpha value is -1.02. The van der Waals surface area contributed by atoms with E-state index in [1.54, 1.807) is 0 Å². The van der Waals surface area contributed by atoms with Crippen LogP contribution in [-0.4, -0.2) is 19.2 Å². The van der Waals surface area contributed by atoms with E-state index in [0.29, 0.717) is 12.1 Å². The molecule has 2 nitrogen and oxygen atoms in total. The fourth-order valence-electron chi connectivity index (χ4n) is 1.78. The van der Waals surface area contributed by atoms with Crippen molar-refractivity contribution in [2.45, 2.75) is 31.9 Å². The second-order valence-corrected chi connectivity index (χ2v) is 4.01. The van der Waals surface area contributed by atoms with E-state index in [9.17, 15) is 0 Å². The zero-order chi connectivity index (χ0) is 9.97. The van der Waals surface area contributed by atoms with E-state index in [-0.39, 0.29) is 0 Å². The highest BCUT2D eigenvalue weighted by Gasteiger charge is 2.29. The van der Waals surface area contributed by atoms with E-state index in [0.717, 1.165) is 18.6 Å². The quantitative estimate of drug-likeness (QED) is 0.790. The van der Waals surface area contributed by atoms with Crippen molar-refractivity contribution in [2.75, 3.05) is 7.05 Å². The normalized spacial score (nSPS) is 25.6. The van der Waals surface area contributed by atoms with Crippen molar-refractivity contribution in [3.63, 3.8) is 0 Å². The summed E-state index contributed by atoms with van der Waals surface area (Å²) in [5.74, 6) is 1.00. The predicted molar refractivity (Wildman–Crippen MR) is 57.7 cm³/mol. The summed E-state index contributed by atoms with van der Waals surface area (Å²) in [6, 6.07) is 8.90. The number of benzene rings is 1. The summed E-state index contributed by atoms with van der Waals surface area (Å²) >= 11 is 0. The van der Waals surface area contributed by atoms with Gasteiger partial charge in [-0.15, -0.1) is 0 Å². The molecule has 0 heterocycles. The monoisotopic (exact) mass is 191 g/mol. The molecule has 76 valence electrons. The van der Waals surface area contributed by atoms with Crippen molar-refractivity contribution in [1.29, 1.82) is 0 Å². The predicted octanol–water partition coefficient (Wildman–Crippen LogP) is 2.12. The van der Waals surface area contributed by atoms with Gasteiger partial charge in [0, 0.05) is 6.04 Å². The summed E-state index contributed by atoms with van der Waals surface area (Å²) in [7, 11) is 2.01. The molecule has 0 radical (unpaired) electrons. The molecule has 1 fully saturated rings. The largest absolute Gasteiger partial charge is 0.490 e. The van der Waals surface area contributed by atoms with E-state index in [4.69, 9.17) is 4.74 Å². The maximum Gasteiger partial charge on any atom is 0.119 e. The number of ether oxygens (including phenoxy) is 1. The second-order valence-electron chi connectivity index (χ2n) is 4.01. The number of hydrogen-bond acceptors (Lipinski definition) is 2. The highest BCUT2D eigenvalue weighted by molar-refractivity contribution is 5.27. The molecular weight excluding hydrogens is 174 g/mol. The van der Waals surface area contributed by atoms with Crippen LogP contribution in [0.5, 0.6) is 5.75 Å². The van der Waals surface area contributed by atoms with Gasteiger partial charge in [0.25, 0.3) is 0 Å². The summed E-state index contributed by atoms with van der Waals surface area (Å²) in [4.78, 5) is 0. The lowest BCUT2D eigenvalue weighted by molar-refractivity contribution is 0.0884. The molecule has 0 unspecified atom stereocenters. The molecule has 0 atom stereocenters. The summed E-state index contributed by atoms with van der Waals surface area (Å²) < 4.78 is 5.82. The summed E-state index contributed by atoms with van der Waals surface area (Å²) in [5.41, 5.74) is 1.26. The van der Waals surface area contributed by atoms with Crippen LogP contribution in [0, 0.1) is 6.92 Å². The van der Waals surface area contributed by atoms with Crippen molar-refractivity contribution < 1.29 is 4.74 Å². The third-order valence-electron chi connectivity index (χ3n) is 2.80. The highest BCUT2D eigenvalue weighted by atomic mass is 16.5. The highest BCUT2D eigenvalue weighted by Crippen LogP contribution is 2.25. The number of aryl methyl sites for hydroxylation is 1. The third-order valence-corrected chi connectivity index (χ3v) is 2.80. The third kappa shape index (κ3) is 2.07. The van der Waals surface area contributed by atoms with E-state index in [1.165, 1.54) is 5.56 Å². The van der Waals surface area contributed by atoms with Gasteiger partial charge in [-0.2, -0.15) is 0 Å². The Bertz CT molecular complexity index is 305. The molecule has 0 aliphatic heterocycles. The Morgan fingerprint density at radius 3 is 2.79 bits per heavy atom. The van der Waals surface area contributed by atoms with Gasteiger partial charge in [0.2, 0.25) is 0 Å². The van der Waals surface area contributed by atoms with Gasteiger partial charge in [-0.3, -0.25) is 0 Å². The van der Waals surface area contributed by atoms with Crippen LogP contribution in [-0.2, 0) is 0 Å². The Kier molecular flexibility index (Phi) is 2.73. The van der Waals surface area contributed by atoms with Gasteiger partial charge in [0.15, 0.2) is 0 Å². The van der Waals surface area contributed by atoms with Crippen molar-refractivity contribution in [1.82, 2.24) is 5.32 Å². The lowest BCUT2D eigenvalue weighted by atomic mass is 9.89. The lowest BCUT2D eigenvalue weighted by Gasteiger charge is -2.35. The van der Waals surface area contributed by atoms with E-state index in [1.807, 2.05) is 19.2 Å². The van der Waals surface area contributed by atoms with E-state index < -0.39 is 0 Å². The average Bonchev–Trinajstić information content (AvgIpc) is 2.10. The smallest absolute Gasteiger partial charge is 0.119 e. The van der Waals surface area contributed by atoms with Crippen LogP contribution in [0.25, 0.3) is 0 Å². The van der Waals surface area contributed by atoms with E-state index in [2.05, 4.69) is 24.4 Å². The molecule has 0 aromatic heterocycles. The zero-order valence-electron chi connectivity index (χ0n) is 8.79. The maximum atomic E-state index is 5.82. The van der Waals surface area contributed by atoms with Gasteiger partial charge < -0.3 is 10.1 Å². The van der Waals surface area contributed by atoms with Crippen LogP contribution in [0.2, 0.25) is 0 Å². The molecule has 2 rings (SSSR count). The second kappa shape index (κ2) is 4.01. The molecular formula is C12H17NO. The first-order valence-corrected chi connectivity index (χ1v) is 5.18. The van der Waals surface area contributed by atoms with Crippen LogP contribution in [0.4, 0.5) is 0 Å². The van der Waals surface area contributed by atoms with Crippen molar-refractivity contribution in [3.05, 3.63) is 29.8 Å². The minimum Gasteiger partial charge on any atom is -0.490 e. The summed E-state index contributed by atoms with van der Waals surface area (Å²) in [6.07, 6.45) is 2.67. The minimum atomic E-state index is 0.411. The van der Waals surface area contributed by atoms with Crippen LogP contribution in [0.1, 0.15) is 18.4 Å². The summed E-state index contributed by atoms with van der Waals surface area (Å²) in [5, 5.41) is 3.25. The number of rotatable bonds is 3. The molecule has 0 bridgehead atoms. The Morgan fingerprint density at radius 1 is 1.36 bits per heavy atom. The van der Waals surface area contributed by atoms with E-state index >= 15 is 0 Å². The van der Waals surface area contributed by atoms with Gasteiger partial charge in [-0.1, -0.05) is 12.1 Å². The first kappa shape index (κ1) is 9.53. The van der Waals surface area contributed by atoms with Crippen molar-refractivity contribution in [3.8, 4) is 5.75 Å². The molecule has 1 aliphatic carbocycles. The van der Waals surface area contributed by atoms with Gasteiger partial charge in [0.05, 0.1) is 0 Å². The maximum absolute atomic E-state index is 5.82. The van der Waals surface area contributed by atoms with Gasteiger partial charge in [-0.05, 0) is 44.5 Å². The molecule has 1 aromatic rings. The molecule has 0 amide bonds. The number of nitrogens with one attached hydrogen (secondary N) is 1. The van der Waals surface area contributed by atoms with Crippen LogP contribution in [0.3, 0.4) is 0 Å². The molecule has 14 heavy (non-hydrogen) atoms. The standard InChI is InChI=1S/C12H17NO/c1-9-4-3-5-11(6-9)14-12-7-10(8-12)13-2/h3-6,10,12-13H,7-8H2,1-2H3. The molecule has 1 saturated carbocycles. The van der Waals surface area contributed by atoms with Crippen LogP contribution in [0.15, 0.2) is 24.3 Å². The van der Waals surface area contributed by atoms with Crippen LogP contribution < -0.4 is 10.1 Å². The SMILES string of the molecule is CNC1CC(Oc2cccc(C)c2)C1. The zero-order valence-corrected chi connectivity index (χ0v) is 8.79. The van der Waals surface area contributed by atoms with Crippen LogP contribution >= 0.6 is 0 Å². The molecule has 1 aliphatic rings. The topological polar surface area (TPSA) is 21.3 Å². The number of hydrogen-bond donors (Lipinski definition) is 1. The molecule has 0 spiro atoms. The molecule has 2 heteroatoms. The fourth-order valence-corrected chi connectivity index (χ4v) is 1.78. The molecule has 0 saturated heterocycles. The van der Waals surface area contributed by atoms with Crippen molar-refractivity contribution in [2.24, 2.45) is 0 Å². The first-order valence-electron chi connectivity index (χ1n) is 5.18. The summed E-state index contributed by atoms with van der Waals surface area (Å²) in [6.45, 7) is 2.09. The van der Waals surface area contributed by atoms with Gasteiger partial charge in [0.1, 0.15) is 11.9 Å². The average molecular weight is 191 g/mol. The molecule has 1 N–H and O–H groups in total. The van der Waals surface area contributed by atoms with Crippen molar-refractivity contribution >= 4 is 0 Å². The fraction of sp³-hybridized carbons (Fsp3) is 0.500. The van der Waals surface area contributed by atoms with Gasteiger partial charge in [-0.25, -0.2) is 0 Å². The Morgan fingerprint density at radius 2 is 2.14 bits per heavy atom. The lowest BCUT2D eigenvalue weighted by Crippen LogP contribution is -2.45. The molecule has 1 aromatic carbocycles. The Labute approximate surface area is 85.3 Å². The Balaban J connectivity index is 1.87. The minimum absolute atomic E-state index is 0.411. The van der Waals surface area contributed by atoms with Gasteiger partial charge >= 0.3 is 0 Å². The first-order chi connectivity index (χ1) is 6.78.